The zero-order chi connectivity index (χ0) is 13.0. The molecule has 17 heavy (non-hydrogen) atoms. The van der Waals surface area contributed by atoms with Crippen molar-refractivity contribution in [3.8, 4) is 11.5 Å². The topological polar surface area (TPSA) is 78.7 Å². The molecule has 0 radical (unpaired) electrons. The molecule has 0 fully saturated rings. The summed E-state index contributed by atoms with van der Waals surface area (Å²) in [5, 5.41) is 10.9. The van der Waals surface area contributed by atoms with Crippen LogP contribution < -0.4 is 9.47 Å². The highest BCUT2D eigenvalue weighted by Gasteiger charge is 2.22. The highest BCUT2D eigenvalue weighted by Crippen LogP contribution is 2.34. The van der Waals surface area contributed by atoms with Crippen LogP contribution >= 0.6 is 15.9 Å². The summed E-state index contributed by atoms with van der Waals surface area (Å²) in [4.78, 5) is 21.8. The lowest BCUT2D eigenvalue weighted by Crippen LogP contribution is -2.05. The average Bonchev–Trinajstić information content (AvgIpc) is 2.35. The van der Waals surface area contributed by atoms with Crippen molar-refractivity contribution < 1.29 is 19.2 Å². The first-order valence-corrected chi connectivity index (χ1v) is 5.66. The van der Waals surface area contributed by atoms with E-state index in [0.717, 1.165) is 0 Å². The normalized spacial score (nSPS) is 9.82. The Morgan fingerprint density at radius 2 is 1.94 bits per heavy atom. The summed E-state index contributed by atoms with van der Waals surface area (Å²) < 4.78 is 9.83. The van der Waals surface area contributed by atoms with E-state index in [4.69, 9.17) is 9.47 Å². The number of ether oxygens (including phenoxy) is 2. The van der Waals surface area contributed by atoms with Crippen molar-refractivity contribution >= 4 is 27.4 Å². The molecule has 92 valence electrons. The van der Waals surface area contributed by atoms with E-state index >= 15 is 0 Å². The van der Waals surface area contributed by atoms with Crippen molar-refractivity contribution in [2.75, 3.05) is 19.5 Å². The van der Waals surface area contributed by atoms with Gasteiger partial charge in [0.15, 0.2) is 11.5 Å². The minimum Gasteiger partial charge on any atom is -0.496 e. The van der Waals surface area contributed by atoms with Gasteiger partial charge in [-0.3, -0.25) is 14.9 Å². The lowest BCUT2D eigenvalue weighted by molar-refractivity contribution is -0.385. The van der Waals surface area contributed by atoms with Gasteiger partial charge >= 0.3 is 5.69 Å². The lowest BCUT2D eigenvalue weighted by atomic mass is 10.1. The van der Waals surface area contributed by atoms with Gasteiger partial charge in [0.25, 0.3) is 0 Å². The van der Waals surface area contributed by atoms with Crippen molar-refractivity contribution in [2.45, 2.75) is 0 Å². The highest BCUT2D eigenvalue weighted by atomic mass is 79.9. The van der Waals surface area contributed by atoms with Crippen LogP contribution in [-0.2, 0) is 0 Å². The Hall–Kier alpha value is -1.63. The Kier molecular flexibility index (Phi) is 4.45. The van der Waals surface area contributed by atoms with Gasteiger partial charge in [0.1, 0.15) is 5.75 Å². The molecule has 0 heterocycles. The number of rotatable bonds is 5. The van der Waals surface area contributed by atoms with Crippen LogP contribution in [0.15, 0.2) is 12.1 Å². The van der Waals surface area contributed by atoms with Crippen LogP contribution in [0.1, 0.15) is 10.4 Å². The Balaban J connectivity index is 3.43. The molecule has 0 aliphatic heterocycles. The molecular formula is C10H10BrNO5. The Labute approximate surface area is 106 Å². The number of nitrogens with zero attached hydrogens (tertiary/aromatic N) is 1. The van der Waals surface area contributed by atoms with Gasteiger partial charge in [-0.05, 0) is 0 Å². The Morgan fingerprint density at radius 1 is 1.35 bits per heavy atom. The third-order valence-corrected chi connectivity index (χ3v) is 2.63. The van der Waals surface area contributed by atoms with Crippen LogP contribution in [0.4, 0.5) is 5.69 Å². The van der Waals surface area contributed by atoms with E-state index in [-0.39, 0.29) is 33.9 Å². The largest absolute Gasteiger partial charge is 0.496 e. The minimum absolute atomic E-state index is 0.0279. The summed E-state index contributed by atoms with van der Waals surface area (Å²) in [6, 6.07) is 2.48. The second-order valence-electron chi connectivity index (χ2n) is 3.04. The molecule has 0 bridgehead atoms. The van der Waals surface area contributed by atoms with Crippen LogP contribution in [0.3, 0.4) is 0 Å². The number of carbonyl (C=O) groups is 1. The van der Waals surface area contributed by atoms with Crippen LogP contribution in [0.25, 0.3) is 0 Å². The number of hydrogen-bond acceptors (Lipinski definition) is 5. The zero-order valence-corrected chi connectivity index (χ0v) is 10.8. The summed E-state index contributed by atoms with van der Waals surface area (Å²) in [6.07, 6.45) is 0. The summed E-state index contributed by atoms with van der Waals surface area (Å²) in [7, 11) is 2.65. The molecule has 6 nitrogen and oxygen atoms in total. The molecule has 0 spiro atoms. The van der Waals surface area contributed by atoms with E-state index in [9.17, 15) is 14.9 Å². The fraction of sp³-hybridized carbons (Fsp3) is 0.300. The molecule has 0 atom stereocenters. The van der Waals surface area contributed by atoms with Crippen molar-refractivity contribution in [1.82, 2.24) is 0 Å². The molecule has 0 saturated heterocycles. The standard InChI is InChI=1S/C10H10BrNO5/c1-16-9-4-7(12(14)15)10(17-2)3-6(9)8(13)5-11/h3-4H,5H2,1-2H3. The van der Waals surface area contributed by atoms with Gasteiger partial charge in [-0.2, -0.15) is 0 Å². The Bertz CT molecular complexity index is 460. The smallest absolute Gasteiger partial charge is 0.314 e. The fourth-order valence-corrected chi connectivity index (χ4v) is 1.62. The SMILES string of the molecule is COc1cc([N+](=O)[O-])c(OC)cc1C(=O)CBr. The van der Waals surface area contributed by atoms with Gasteiger partial charge in [0.05, 0.1) is 36.1 Å². The number of benzene rings is 1. The molecule has 1 aromatic carbocycles. The third kappa shape index (κ3) is 2.73. The summed E-state index contributed by atoms with van der Waals surface area (Å²) in [5.41, 5.74) is 0.00213. The van der Waals surface area contributed by atoms with Gasteiger partial charge in [-0.25, -0.2) is 0 Å². The second kappa shape index (κ2) is 5.62. The minimum atomic E-state index is -0.594. The predicted octanol–water partition coefficient (Wildman–Crippen LogP) is 2.19. The first kappa shape index (κ1) is 13.4. The first-order chi connectivity index (χ1) is 8.04. The van der Waals surface area contributed by atoms with Crippen LogP contribution in [0, 0.1) is 10.1 Å². The van der Waals surface area contributed by atoms with E-state index in [2.05, 4.69) is 15.9 Å². The summed E-state index contributed by atoms with van der Waals surface area (Å²) >= 11 is 3.03. The first-order valence-electron chi connectivity index (χ1n) is 4.54. The molecule has 0 aliphatic carbocycles. The van der Waals surface area contributed by atoms with Gasteiger partial charge in [-0.1, -0.05) is 15.9 Å². The quantitative estimate of drug-likeness (QED) is 0.360. The van der Waals surface area contributed by atoms with Gasteiger partial charge < -0.3 is 9.47 Å². The van der Waals surface area contributed by atoms with Crippen LogP contribution in [0.2, 0.25) is 0 Å². The lowest BCUT2D eigenvalue weighted by Gasteiger charge is -2.09. The van der Waals surface area contributed by atoms with Crippen molar-refractivity contribution in [2.24, 2.45) is 0 Å². The maximum atomic E-state index is 11.6. The van der Waals surface area contributed by atoms with E-state index in [1.165, 1.54) is 26.4 Å². The number of carbonyl (C=O) groups excluding carboxylic acids is 1. The maximum absolute atomic E-state index is 11.6. The summed E-state index contributed by atoms with van der Waals surface area (Å²) in [5.74, 6) is -0.0582. The van der Waals surface area contributed by atoms with Crippen molar-refractivity contribution in [1.29, 1.82) is 0 Å². The molecule has 0 unspecified atom stereocenters. The summed E-state index contributed by atoms with van der Waals surface area (Å²) in [6.45, 7) is 0. The molecule has 1 rings (SSSR count). The highest BCUT2D eigenvalue weighted by molar-refractivity contribution is 9.09. The number of nitro groups is 1. The number of Topliss-reactive ketones (excluding diaryl/α,β-unsaturated/α-hetero) is 1. The van der Waals surface area contributed by atoms with Gasteiger partial charge in [-0.15, -0.1) is 0 Å². The van der Waals surface area contributed by atoms with Crippen molar-refractivity contribution in [3.63, 3.8) is 0 Å². The molecule has 0 amide bonds. The number of hydrogen-bond donors (Lipinski definition) is 0. The average molecular weight is 304 g/mol. The van der Waals surface area contributed by atoms with Crippen molar-refractivity contribution in [3.05, 3.63) is 27.8 Å². The predicted molar refractivity (Wildman–Crippen MR) is 64.3 cm³/mol. The van der Waals surface area contributed by atoms with E-state index in [0.29, 0.717) is 0 Å². The van der Waals surface area contributed by atoms with E-state index < -0.39 is 4.92 Å². The number of methoxy groups -OCH3 is 2. The molecule has 0 saturated carbocycles. The van der Waals surface area contributed by atoms with Gasteiger partial charge in [0.2, 0.25) is 0 Å². The van der Waals surface area contributed by atoms with Crippen LogP contribution in [-0.4, -0.2) is 30.3 Å². The second-order valence-corrected chi connectivity index (χ2v) is 3.60. The molecule has 0 N–H and O–H groups in total. The van der Waals surface area contributed by atoms with Crippen LogP contribution in [0.5, 0.6) is 11.5 Å². The number of nitro benzene ring substituents is 1. The van der Waals surface area contributed by atoms with Gasteiger partial charge in [0, 0.05) is 6.07 Å². The molecule has 0 aromatic heterocycles. The monoisotopic (exact) mass is 303 g/mol. The Morgan fingerprint density at radius 3 is 2.35 bits per heavy atom. The number of ketones is 1. The fourth-order valence-electron chi connectivity index (χ4n) is 1.31. The zero-order valence-electron chi connectivity index (χ0n) is 9.23. The molecule has 0 aliphatic rings. The van der Waals surface area contributed by atoms with E-state index in [1.807, 2.05) is 0 Å². The molecule has 7 heteroatoms. The molecular weight excluding hydrogens is 294 g/mol. The number of alkyl halides is 1. The van der Waals surface area contributed by atoms with E-state index in [1.54, 1.807) is 0 Å². The molecule has 1 aromatic rings. The maximum Gasteiger partial charge on any atom is 0.314 e. The third-order valence-electron chi connectivity index (χ3n) is 2.12. The number of halogens is 1.